The van der Waals surface area contributed by atoms with Gasteiger partial charge < -0.3 is 4.90 Å². The van der Waals surface area contributed by atoms with Crippen LogP contribution >= 0.6 is 19.4 Å². The molecule has 0 spiro atoms. The number of hydrogen-bond acceptors (Lipinski definition) is 1. The maximum absolute atomic E-state index is 11.9. The number of rotatable bonds is 3. The van der Waals surface area contributed by atoms with Gasteiger partial charge in [-0.15, -0.1) is 0 Å². The number of benzene rings is 1. The fourth-order valence-electron chi connectivity index (χ4n) is 1.64. The van der Waals surface area contributed by atoms with E-state index in [9.17, 15) is 30.0 Å². The number of halogens is 7. The topological polar surface area (TPSA) is 20.3 Å². The van der Waals surface area contributed by atoms with Gasteiger partial charge in [-0.25, -0.2) is 0 Å². The van der Waals surface area contributed by atoms with Gasteiger partial charge in [0.05, 0.1) is 10.6 Å². The first-order valence-electron chi connectivity index (χ1n) is 7.42. The van der Waals surface area contributed by atoms with Crippen LogP contribution in [-0.2, 0) is 17.1 Å². The Bertz CT molecular complexity index is 558. The van der Waals surface area contributed by atoms with Crippen LogP contribution in [0.25, 0.3) is 0 Å². The monoisotopic (exact) mass is 477 g/mol. The fraction of sp³-hybridized carbons (Fsp3) is 0.250. The molecular weight excluding hydrogens is 458 g/mol. The van der Waals surface area contributed by atoms with Gasteiger partial charge >= 0.3 is 50.1 Å². The molecule has 2 rings (SSSR count). The van der Waals surface area contributed by atoms with Crippen molar-refractivity contribution in [2.75, 3.05) is 13.1 Å². The van der Waals surface area contributed by atoms with Gasteiger partial charge in [-0.3, -0.25) is 4.79 Å². The predicted molar refractivity (Wildman–Crippen MR) is 93.8 cm³/mol. The van der Waals surface area contributed by atoms with E-state index >= 15 is 0 Å². The fourth-order valence-corrected chi connectivity index (χ4v) is 1.85. The predicted octanol–water partition coefficient (Wildman–Crippen LogP) is 7.22. The molecule has 1 saturated carbocycles. The Balaban J connectivity index is 0. The zero-order valence-electron chi connectivity index (χ0n) is 14.4. The van der Waals surface area contributed by atoms with Crippen molar-refractivity contribution in [2.24, 2.45) is 0 Å². The average Bonchev–Trinajstić information content (AvgIpc) is 3.05. The molecule has 0 heterocycles. The zero-order valence-corrected chi connectivity index (χ0v) is 17.2. The van der Waals surface area contributed by atoms with Crippen molar-refractivity contribution in [1.82, 2.24) is 4.90 Å². The van der Waals surface area contributed by atoms with E-state index in [-0.39, 0.29) is 23.0 Å². The molecule has 1 aliphatic carbocycles. The van der Waals surface area contributed by atoms with Crippen molar-refractivity contribution >= 4 is 25.3 Å². The first-order valence-corrected chi connectivity index (χ1v) is 9.83. The molecule has 5 radical (unpaired) electrons. The molecule has 0 atom stereocenters. The minimum atomic E-state index is -10.7. The molecule has 1 aromatic rings. The van der Waals surface area contributed by atoms with E-state index in [4.69, 9.17) is 11.6 Å². The summed E-state index contributed by atoms with van der Waals surface area (Å²) in [6.07, 6.45) is 10.0. The Hall–Kier alpha value is -0.491. The Kier molecular flexibility index (Phi) is 11.6. The van der Waals surface area contributed by atoms with E-state index in [2.05, 4.69) is 0 Å². The smallest absolute Gasteiger partial charge is 0.0312 e. The minimum absolute atomic E-state index is 0. The summed E-state index contributed by atoms with van der Waals surface area (Å²) in [5, 5.41) is 0.518. The van der Waals surface area contributed by atoms with Gasteiger partial charge in [-0.1, -0.05) is 23.7 Å². The van der Waals surface area contributed by atoms with Crippen LogP contribution in [0.4, 0.5) is 25.2 Å². The van der Waals surface area contributed by atoms with Gasteiger partial charge in [0.25, 0.3) is 5.91 Å². The van der Waals surface area contributed by atoms with Crippen LogP contribution in [0.15, 0.2) is 24.3 Å². The van der Waals surface area contributed by atoms with Crippen molar-refractivity contribution in [3.8, 4) is 0 Å². The van der Waals surface area contributed by atoms with Crippen LogP contribution in [0.3, 0.4) is 0 Å². The van der Waals surface area contributed by atoms with Crippen molar-refractivity contribution in [3.63, 3.8) is 0 Å². The first kappa shape index (κ1) is 28.7. The molecule has 11 heteroatoms. The summed E-state index contributed by atoms with van der Waals surface area (Å²) in [5.41, 5.74) is 0.581. The van der Waals surface area contributed by atoms with Crippen LogP contribution in [0.2, 0.25) is 5.02 Å². The van der Waals surface area contributed by atoms with Gasteiger partial charge in [0.15, 0.2) is 0 Å². The van der Waals surface area contributed by atoms with Gasteiger partial charge in [0.1, 0.15) is 0 Å². The Morgan fingerprint density at radius 3 is 1.52 bits per heavy atom. The summed E-state index contributed by atoms with van der Waals surface area (Å²) in [4.78, 5) is 13.6. The number of carbonyl (C=O) groups is 1. The molecule has 0 unspecified atom stereocenters. The van der Waals surface area contributed by atoms with Gasteiger partial charge in [0, 0.05) is 13.1 Å². The van der Waals surface area contributed by atoms with Crippen LogP contribution < -0.4 is 0 Å². The quantitative estimate of drug-likeness (QED) is 0.256. The molecule has 27 heavy (non-hydrogen) atoms. The van der Waals surface area contributed by atoms with E-state index in [1.807, 2.05) is 58.1 Å². The van der Waals surface area contributed by atoms with E-state index in [1.54, 1.807) is 17.0 Å². The summed E-state index contributed by atoms with van der Waals surface area (Å²) >= 11 is 5.93. The molecule has 155 valence electrons. The third kappa shape index (κ3) is 18.6. The Labute approximate surface area is 171 Å². The summed E-state index contributed by atoms with van der Waals surface area (Å²) in [6.45, 7) is 5.33. The maximum atomic E-state index is 11.9. The summed E-state index contributed by atoms with van der Waals surface area (Å²) in [7, 11) is -10.7. The number of nitrogens with zero attached hydrogens (tertiary/aromatic N) is 1. The first-order chi connectivity index (χ1) is 11.7. The van der Waals surface area contributed by atoms with Crippen molar-refractivity contribution < 1.29 is 47.0 Å². The molecule has 0 aliphatic heterocycles. The second-order valence-electron chi connectivity index (χ2n) is 4.88. The van der Waals surface area contributed by atoms with Crippen LogP contribution in [0.1, 0.15) is 24.2 Å². The second-order valence-corrected chi connectivity index (χ2v) is 7.20. The average molecular weight is 478 g/mol. The summed E-state index contributed by atoms with van der Waals surface area (Å²) in [5.74, 6) is 0.000556. The minimum Gasteiger partial charge on any atom is -0.0312 e. The van der Waals surface area contributed by atoms with E-state index in [1.165, 1.54) is 0 Å². The Morgan fingerprint density at radius 2 is 1.22 bits per heavy atom. The molecule has 1 amide bonds. The van der Waals surface area contributed by atoms with Gasteiger partial charge in [-0.05, 0) is 58.1 Å². The zero-order chi connectivity index (χ0) is 20.5. The molecule has 0 saturated heterocycles. The summed E-state index contributed by atoms with van der Waals surface area (Å²) in [6, 6.07) is 7.13. The third-order valence-corrected chi connectivity index (χ3v) is 3.04. The molecule has 0 bridgehead atoms. The molecule has 0 N–H and O–H groups in total. The van der Waals surface area contributed by atoms with Crippen LogP contribution in [0.5, 0.6) is 0 Å². The standard InChI is InChI=1S/C11H14ClNO.C5H5.F6P.Fe/c1-3-13(4-2)11(14)9-7-5-6-8-10(9)12;1-2-4-5-3-1;1-7(2,3,4,5)6;/h5-8H,3-4H2,1-2H3;1-5H;;/q;;-1;+2. The van der Waals surface area contributed by atoms with Crippen molar-refractivity contribution in [3.05, 3.63) is 67.0 Å². The van der Waals surface area contributed by atoms with Crippen molar-refractivity contribution in [1.29, 1.82) is 0 Å². The SMILES string of the molecule is CCN(CC)C(=O)c1ccccc1Cl.F[P-](F)(F)(F)(F)F.[CH]1[CH][CH][CH][CH]1.[Fe+2]. The molecule has 1 aromatic carbocycles. The van der Waals surface area contributed by atoms with Crippen LogP contribution in [-0.4, -0.2) is 23.9 Å². The molecule has 0 aromatic heterocycles. The van der Waals surface area contributed by atoms with Gasteiger partial charge in [-0.2, -0.15) is 0 Å². The normalized spacial score (nSPS) is 15.6. The van der Waals surface area contributed by atoms with Crippen molar-refractivity contribution in [2.45, 2.75) is 13.8 Å². The van der Waals surface area contributed by atoms with Gasteiger partial charge in [0.2, 0.25) is 0 Å². The molecule has 1 aliphatic rings. The summed E-state index contributed by atoms with van der Waals surface area (Å²) < 4.78 is 59.2. The number of amides is 1. The largest absolute Gasteiger partial charge is 2.00 e. The molecule has 1 fully saturated rings. The van der Waals surface area contributed by atoms with Crippen LogP contribution in [0, 0.1) is 32.1 Å². The Morgan fingerprint density at radius 1 is 0.889 bits per heavy atom. The molecular formula is C16H19ClF6FeNOP+. The van der Waals surface area contributed by atoms with E-state index < -0.39 is 7.81 Å². The molecule has 2 nitrogen and oxygen atoms in total. The van der Waals surface area contributed by atoms with E-state index in [0.717, 1.165) is 0 Å². The van der Waals surface area contributed by atoms with E-state index in [0.29, 0.717) is 23.7 Å². The maximum Gasteiger partial charge on any atom is 2.00 e. The number of carbonyl (C=O) groups excluding carboxylic acids is 1. The third-order valence-electron chi connectivity index (χ3n) is 2.71. The second kappa shape index (κ2) is 10.9. The number of hydrogen-bond donors (Lipinski definition) is 0.